The van der Waals surface area contributed by atoms with Gasteiger partial charge in [0.15, 0.2) is 0 Å². The van der Waals surface area contributed by atoms with E-state index in [0.29, 0.717) is 0 Å². The lowest BCUT2D eigenvalue weighted by atomic mass is 10.1. The number of carbonyl (C=O) groups is 3. The molecule has 612 valence electrons. The van der Waals surface area contributed by atoms with Gasteiger partial charge < -0.3 is 47.8 Å². The Labute approximate surface area is 682 Å². The number of halogens is 1. The van der Waals surface area contributed by atoms with Gasteiger partial charge in [0.1, 0.15) is 11.6 Å². The van der Waals surface area contributed by atoms with E-state index in [-0.39, 0.29) is 23.5 Å². The Balaban J connectivity index is 0.000000181. The minimum atomic E-state index is -0.183. The van der Waals surface area contributed by atoms with Crippen molar-refractivity contribution in [1.82, 2.24) is 57.8 Å². The number of amides is 3. The Hall–Kier alpha value is -8.94. The summed E-state index contributed by atoms with van der Waals surface area (Å²) in [6.07, 6.45) is 17.7. The number of nitrogens with zero attached hydrogens (tertiary/aromatic N) is 12. The van der Waals surface area contributed by atoms with E-state index < -0.39 is 0 Å². The maximum atomic E-state index is 13.4. The van der Waals surface area contributed by atoms with E-state index in [1.165, 1.54) is 94.8 Å². The molecule has 0 aliphatic carbocycles. The number of methoxy groups -OCH3 is 1. The summed E-state index contributed by atoms with van der Waals surface area (Å²) in [4.78, 5) is 60.0. The van der Waals surface area contributed by atoms with Crippen molar-refractivity contribution in [1.29, 1.82) is 0 Å². The average Bonchev–Trinajstić information content (AvgIpc) is 1.64. The first-order valence-electron chi connectivity index (χ1n) is 42.8. The van der Waals surface area contributed by atoms with E-state index in [9.17, 15) is 18.8 Å². The van der Waals surface area contributed by atoms with Gasteiger partial charge in [-0.05, 0) is 235 Å². The summed E-state index contributed by atoms with van der Waals surface area (Å²) < 4.78 is 26.1. The molecule has 6 heterocycles. The molecule has 6 aromatic carbocycles. The summed E-state index contributed by atoms with van der Waals surface area (Å²) in [6, 6.07) is 45.8. The molecule has 3 saturated heterocycles. The maximum Gasteiger partial charge on any atom is 0.246 e. The topological polar surface area (TPSA) is 104 Å². The third-order valence-corrected chi connectivity index (χ3v) is 24.1. The third-order valence-electron chi connectivity index (χ3n) is 24.1. The fourth-order valence-corrected chi connectivity index (χ4v) is 16.7. The zero-order valence-electron chi connectivity index (χ0n) is 71.4. The van der Waals surface area contributed by atoms with Crippen LogP contribution in [0.2, 0.25) is 0 Å². The molecule has 3 fully saturated rings. The second kappa shape index (κ2) is 44.2. The summed E-state index contributed by atoms with van der Waals surface area (Å²) >= 11 is 0. The largest absolute Gasteiger partial charge is 0.497 e. The molecule has 9 aromatic rings. The molecular formula is C97H133FN12O4. The molecule has 16 nitrogen and oxygen atoms in total. The van der Waals surface area contributed by atoms with Gasteiger partial charge in [0.05, 0.1) is 7.11 Å². The van der Waals surface area contributed by atoms with Gasteiger partial charge in [0.2, 0.25) is 17.7 Å². The summed E-state index contributed by atoms with van der Waals surface area (Å²) in [5.41, 5.74) is 18.4. The predicted octanol–water partition coefficient (Wildman–Crippen LogP) is 16.3. The molecule has 0 radical (unpaired) electrons. The highest BCUT2D eigenvalue weighted by Crippen LogP contribution is 2.33. The van der Waals surface area contributed by atoms with Crippen LogP contribution in [-0.4, -0.2) is 240 Å². The number of ether oxygens (including phenoxy) is 1. The molecular weight excluding hydrogens is 1420 g/mol. The van der Waals surface area contributed by atoms with E-state index >= 15 is 0 Å². The molecule has 3 aliphatic heterocycles. The predicted molar refractivity (Wildman–Crippen MR) is 475 cm³/mol. The fourth-order valence-electron chi connectivity index (χ4n) is 16.7. The third kappa shape index (κ3) is 24.3. The average molecular weight is 1550 g/mol. The normalized spacial score (nSPS) is 14.8. The van der Waals surface area contributed by atoms with Crippen molar-refractivity contribution in [3.8, 4) is 5.75 Å². The van der Waals surface area contributed by atoms with Gasteiger partial charge in [-0.15, -0.1) is 0 Å². The number of carbonyl (C=O) groups excluding carboxylic acids is 3. The van der Waals surface area contributed by atoms with Gasteiger partial charge in [-0.2, -0.15) is 0 Å². The molecule has 114 heavy (non-hydrogen) atoms. The van der Waals surface area contributed by atoms with Gasteiger partial charge in [0.25, 0.3) is 0 Å². The molecule has 0 unspecified atom stereocenters. The second-order valence-electron chi connectivity index (χ2n) is 31.4. The van der Waals surface area contributed by atoms with E-state index in [1.54, 1.807) is 37.5 Å². The minimum absolute atomic E-state index is 0.0734. The Morgan fingerprint density at radius 1 is 0.368 bits per heavy atom. The van der Waals surface area contributed by atoms with Crippen LogP contribution >= 0.6 is 0 Å². The molecule has 0 atom stereocenters. The Kier molecular flexibility index (Phi) is 33.9. The molecule has 12 rings (SSSR count). The summed E-state index contributed by atoms with van der Waals surface area (Å²) in [7, 11) is 1.71. The molecule has 3 amide bonds. The van der Waals surface area contributed by atoms with Gasteiger partial charge in [0, 0.05) is 203 Å². The highest BCUT2D eigenvalue weighted by molar-refractivity contribution is 6.00. The molecule has 0 bridgehead atoms. The van der Waals surface area contributed by atoms with Gasteiger partial charge in [-0.1, -0.05) is 131 Å². The first-order valence-corrected chi connectivity index (χ1v) is 42.8. The number of aromatic nitrogens is 3. The van der Waals surface area contributed by atoms with Crippen molar-refractivity contribution < 1.29 is 23.5 Å². The lowest BCUT2D eigenvalue weighted by molar-refractivity contribution is -0.128. The van der Waals surface area contributed by atoms with Crippen LogP contribution in [0.4, 0.5) is 4.39 Å². The maximum absolute atomic E-state index is 13.4. The number of hydrogen-bond donors (Lipinski definition) is 0. The molecule has 3 aromatic heterocycles. The number of benzene rings is 6. The number of hydrogen-bond acceptors (Lipinski definition) is 10. The van der Waals surface area contributed by atoms with E-state index in [2.05, 4.69) is 235 Å². The Bertz CT molecular complexity index is 4630. The zero-order valence-corrected chi connectivity index (χ0v) is 71.4. The molecule has 17 heteroatoms. The fraction of sp³-hybridized carbons (Fsp3) is 0.474. The smallest absolute Gasteiger partial charge is 0.246 e. The zero-order chi connectivity index (χ0) is 81.0. The summed E-state index contributed by atoms with van der Waals surface area (Å²) in [5.74, 6) is 1.03. The SMILES string of the molecule is CCN(CC)CCCn1c(C)c(/C=C/C(=O)N2CCN(CCc3cccc(F)c3)CC2)c2cc(C)ccc21.CCN(CC)CCCn1c(C)c(/C=C/C(=O)N2CCN(CCc3cccc(OC)c3)CC2)c2cc(C)ccc21.CCN(CC)CCCn1c(C)c(/C=C/C(=O)N2CCN(CCc3ccccc3)CC2)c2cc(C)ccc21. The van der Waals surface area contributed by atoms with Crippen molar-refractivity contribution in [2.45, 2.75) is 141 Å². The Morgan fingerprint density at radius 3 is 1.01 bits per heavy atom. The van der Waals surface area contributed by atoms with E-state index in [1.807, 2.05) is 39.0 Å². The monoisotopic (exact) mass is 1550 g/mol. The van der Waals surface area contributed by atoms with Crippen LogP contribution in [0.25, 0.3) is 50.9 Å². The highest BCUT2D eigenvalue weighted by Gasteiger charge is 2.25. The van der Waals surface area contributed by atoms with Crippen molar-refractivity contribution in [2.75, 3.05) is 164 Å². The first-order chi connectivity index (χ1) is 55.3. The second-order valence-corrected chi connectivity index (χ2v) is 31.4. The Morgan fingerprint density at radius 2 is 0.684 bits per heavy atom. The standard InChI is InChI=1S/C33H46N4O2.C32H43FN4O.C32H44N4O/c1-6-34(7-2)17-9-18-37-27(4)30(31-24-26(3)12-14-32(31)37)13-15-33(38)36-22-20-35(21-23-36)19-16-28-10-8-11-29(25-28)39-5;1-5-34(6-2)16-8-17-37-26(4)29(30-23-25(3)11-13-31(30)37)12-14-32(38)36-21-19-35(20-22-36)18-15-27-9-7-10-28(33)24-27;1-5-33(6-2)18-10-19-36-27(4)29(30-25-26(3)13-15-31(30)36)14-16-32(37)35-23-21-34(22-24-35)20-17-28-11-8-7-9-12-28/h8,10-15,24-25H,6-7,9,16-23H2,1-5H3;7,9-14,23-24H,5-6,8,15-22H2,1-4H3;7-9,11-16,25H,5-6,10,17-24H2,1-4H3/b15-13+;14-12+;16-14+. The van der Waals surface area contributed by atoms with Gasteiger partial charge >= 0.3 is 0 Å². The lowest BCUT2D eigenvalue weighted by Gasteiger charge is -2.34. The molecule has 0 saturated carbocycles. The quantitative estimate of drug-likeness (QED) is 0.0362. The lowest BCUT2D eigenvalue weighted by Crippen LogP contribution is -2.48. The van der Waals surface area contributed by atoms with Crippen molar-refractivity contribution in [2.24, 2.45) is 0 Å². The molecule has 0 N–H and O–H groups in total. The van der Waals surface area contributed by atoms with Crippen LogP contribution in [-0.2, 0) is 53.3 Å². The number of piperazine rings is 3. The van der Waals surface area contributed by atoms with Gasteiger partial charge in [-0.3, -0.25) is 29.1 Å². The van der Waals surface area contributed by atoms with Crippen LogP contribution in [0.5, 0.6) is 5.75 Å². The van der Waals surface area contributed by atoms with Gasteiger partial charge in [-0.25, -0.2) is 4.39 Å². The van der Waals surface area contributed by atoms with Crippen LogP contribution in [0.1, 0.15) is 128 Å². The van der Waals surface area contributed by atoms with Crippen molar-refractivity contribution in [3.05, 3.63) is 225 Å². The van der Waals surface area contributed by atoms with Crippen molar-refractivity contribution >= 4 is 68.7 Å². The van der Waals surface area contributed by atoms with Crippen molar-refractivity contribution in [3.63, 3.8) is 0 Å². The molecule has 0 spiro atoms. The number of fused-ring (bicyclic) bond motifs is 3. The van der Waals surface area contributed by atoms with E-state index in [0.717, 1.165) is 232 Å². The van der Waals surface area contributed by atoms with E-state index in [4.69, 9.17) is 4.74 Å². The number of rotatable bonds is 34. The number of aryl methyl sites for hydroxylation is 6. The van der Waals surface area contributed by atoms with Crippen LogP contribution in [0.3, 0.4) is 0 Å². The van der Waals surface area contributed by atoms with Crippen LogP contribution in [0, 0.1) is 47.4 Å². The highest BCUT2D eigenvalue weighted by atomic mass is 19.1. The summed E-state index contributed by atoms with van der Waals surface area (Å²) in [5, 5.41) is 3.70. The molecule has 3 aliphatic rings. The van der Waals surface area contributed by atoms with Crippen LogP contribution in [0.15, 0.2) is 152 Å². The van der Waals surface area contributed by atoms with Crippen LogP contribution < -0.4 is 4.74 Å². The summed E-state index contributed by atoms with van der Waals surface area (Å²) in [6.45, 7) is 52.0. The first kappa shape index (κ1) is 87.4. The minimum Gasteiger partial charge on any atom is -0.497 e.